The van der Waals surface area contributed by atoms with Crippen molar-refractivity contribution in [3.63, 3.8) is 0 Å². The second-order valence-corrected chi connectivity index (χ2v) is 10.3. The van der Waals surface area contributed by atoms with Gasteiger partial charge in [0.1, 0.15) is 0 Å². The standard InChI is InChI=1S/C26H27N2O3P/c1-19-15-20(2)25(21(3)16-19)28-14-9-23(22-7-12-27-13-8-22)17-24(28)26(18-32(29,30)31)10-5-4-6-11-26/h4-10,12-17H,11,18H2,1-3H3,(H-,29,30,31)/p+1. The zero-order chi connectivity index (χ0) is 22.9. The number of rotatable bonds is 5. The van der Waals surface area contributed by atoms with Gasteiger partial charge in [-0.25, -0.2) is 0 Å². The Labute approximate surface area is 189 Å². The summed E-state index contributed by atoms with van der Waals surface area (Å²) in [5.41, 5.74) is 6.47. The third kappa shape index (κ3) is 4.51. The number of pyridine rings is 2. The molecule has 6 heteroatoms. The first-order chi connectivity index (χ1) is 15.2. The molecule has 5 nitrogen and oxygen atoms in total. The van der Waals surface area contributed by atoms with Crippen molar-refractivity contribution in [3.8, 4) is 16.8 Å². The van der Waals surface area contributed by atoms with Crippen LogP contribution >= 0.6 is 7.60 Å². The van der Waals surface area contributed by atoms with Crippen molar-refractivity contribution in [3.05, 3.63) is 102 Å². The van der Waals surface area contributed by atoms with Crippen LogP contribution < -0.4 is 4.57 Å². The summed E-state index contributed by atoms with van der Waals surface area (Å²) in [6, 6.07) is 12.3. The van der Waals surface area contributed by atoms with E-state index in [9.17, 15) is 14.4 Å². The molecule has 0 fully saturated rings. The largest absolute Gasteiger partial charge is 0.327 e. The fourth-order valence-electron chi connectivity index (χ4n) is 4.78. The second kappa shape index (κ2) is 8.59. The first-order valence-corrected chi connectivity index (χ1v) is 12.4. The number of benzene rings is 1. The fraction of sp³-hybridized carbons (Fsp3) is 0.231. The molecule has 0 amide bonds. The molecule has 0 aliphatic heterocycles. The topological polar surface area (TPSA) is 74.3 Å². The average molecular weight is 447 g/mol. The van der Waals surface area contributed by atoms with Crippen molar-refractivity contribution >= 4 is 7.60 Å². The second-order valence-electron chi connectivity index (χ2n) is 8.62. The van der Waals surface area contributed by atoms with Gasteiger partial charge in [-0.1, -0.05) is 29.9 Å². The maximum absolute atomic E-state index is 12.3. The number of aryl methyl sites for hydroxylation is 3. The number of allylic oxidation sites excluding steroid dienone is 4. The van der Waals surface area contributed by atoms with Gasteiger partial charge < -0.3 is 9.79 Å². The minimum Gasteiger partial charge on any atom is -0.324 e. The van der Waals surface area contributed by atoms with Crippen molar-refractivity contribution < 1.29 is 18.9 Å². The van der Waals surface area contributed by atoms with Crippen LogP contribution in [0.2, 0.25) is 0 Å². The van der Waals surface area contributed by atoms with Crippen molar-refractivity contribution in [1.82, 2.24) is 4.98 Å². The lowest BCUT2D eigenvalue weighted by Gasteiger charge is -2.30. The molecule has 1 unspecified atom stereocenters. The highest BCUT2D eigenvalue weighted by molar-refractivity contribution is 7.51. The molecule has 0 saturated heterocycles. The molecule has 32 heavy (non-hydrogen) atoms. The molecule has 4 rings (SSSR count). The van der Waals surface area contributed by atoms with E-state index in [2.05, 4.69) is 48.5 Å². The van der Waals surface area contributed by atoms with Crippen LogP contribution in [0.4, 0.5) is 0 Å². The molecule has 0 radical (unpaired) electrons. The van der Waals surface area contributed by atoms with Crippen LogP contribution in [0.15, 0.2) is 79.3 Å². The molecule has 3 aromatic rings. The van der Waals surface area contributed by atoms with Crippen LogP contribution in [0.25, 0.3) is 16.8 Å². The molecule has 0 spiro atoms. The summed E-state index contributed by atoms with van der Waals surface area (Å²) in [4.78, 5) is 24.2. The van der Waals surface area contributed by atoms with E-state index in [-0.39, 0.29) is 6.16 Å². The molecular formula is C26H28N2O3P+. The highest BCUT2D eigenvalue weighted by atomic mass is 31.2. The SMILES string of the molecule is Cc1cc(C)c(-[n+]2ccc(-c3ccncc3)cc2C2(CP(=O)(O)O)C=CC=CC2)c(C)c1. The predicted molar refractivity (Wildman–Crippen MR) is 127 cm³/mol. The molecule has 1 atom stereocenters. The van der Waals surface area contributed by atoms with E-state index >= 15 is 0 Å². The van der Waals surface area contributed by atoms with Gasteiger partial charge in [-0.15, -0.1) is 0 Å². The maximum atomic E-state index is 12.3. The molecule has 2 N–H and O–H groups in total. The summed E-state index contributed by atoms with van der Waals surface area (Å²) >= 11 is 0. The summed E-state index contributed by atoms with van der Waals surface area (Å²) in [6.45, 7) is 6.23. The Morgan fingerprint density at radius 2 is 1.69 bits per heavy atom. The molecule has 0 saturated carbocycles. The third-order valence-corrected chi connectivity index (χ3v) is 6.96. The van der Waals surface area contributed by atoms with Gasteiger partial charge in [-0.3, -0.25) is 9.55 Å². The van der Waals surface area contributed by atoms with Gasteiger partial charge in [0.25, 0.3) is 0 Å². The van der Waals surface area contributed by atoms with Gasteiger partial charge in [0, 0.05) is 35.7 Å². The average Bonchev–Trinajstić information content (AvgIpc) is 2.73. The zero-order valence-electron chi connectivity index (χ0n) is 18.6. The normalized spacial score (nSPS) is 18.2. The predicted octanol–water partition coefficient (Wildman–Crippen LogP) is 4.88. The van der Waals surface area contributed by atoms with E-state index in [0.29, 0.717) is 6.42 Å². The Kier molecular flexibility index (Phi) is 6.00. The monoisotopic (exact) mass is 447 g/mol. The third-order valence-electron chi connectivity index (χ3n) is 5.99. The molecule has 1 aromatic carbocycles. The minimum atomic E-state index is -4.30. The van der Waals surface area contributed by atoms with Crippen LogP contribution in [0.1, 0.15) is 28.8 Å². The number of nitrogens with zero attached hydrogens (tertiary/aromatic N) is 2. The lowest BCUT2D eigenvalue weighted by Crippen LogP contribution is -2.46. The van der Waals surface area contributed by atoms with E-state index in [0.717, 1.165) is 33.6 Å². The van der Waals surface area contributed by atoms with Crippen LogP contribution in [0.5, 0.6) is 0 Å². The lowest BCUT2D eigenvalue weighted by atomic mass is 9.78. The maximum Gasteiger partial charge on any atom is 0.327 e. The van der Waals surface area contributed by atoms with Gasteiger partial charge in [0.05, 0.1) is 11.6 Å². The Morgan fingerprint density at radius 3 is 2.28 bits per heavy atom. The quantitative estimate of drug-likeness (QED) is 0.432. The molecule has 164 valence electrons. The molecule has 1 aliphatic rings. The lowest BCUT2D eigenvalue weighted by molar-refractivity contribution is -0.608. The summed E-state index contributed by atoms with van der Waals surface area (Å²) in [5, 5.41) is 0. The summed E-state index contributed by atoms with van der Waals surface area (Å²) in [7, 11) is -4.30. The molecule has 2 aromatic heterocycles. The minimum absolute atomic E-state index is 0.259. The van der Waals surface area contributed by atoms with Crippen molar-refractivity contribution in [2.75, 3.05) is 6.16 Å². The summed E-state index contributed by atoms with van der Waals surface area (Å²) in [6.07, 6.45) is 13.5. The van der Waals surface area contributed by atoms with E-state index in [1.807, 2.05) is 48.7 Å². The summed E-state index contributed by atoms with van der Waals surface area (Å²) < 4.78 is 14.4. The Hall–Kier alpha value is -2.85. The van der Waals surface area contributed by atoms with Gasteiger partial charge >= 0.3 is 7.60 Å². The van der Waals surface area contributed by atoms with Crippen molar-refractivity contribution in [2.24, 2.45) is 0 Å². The van der Waals surface area contributed by atoms with E-state index in [1.54, 1.807) is 12.4 Å². The van der Waals surface area contributed by atoms with E-state index in [4.69, 9.17) is 0 Å². The number of aromatic nitrogens is 2. The van der Waals surface area contributed by atoms with Gasteiger partial charge in [0.2, 0.25) is 5.69 Å². The molecular weight excluding hydrogens is 419 g/mol. The van der Waals surface area contributed by atoms with Crippen LogP contribution in [0.3, 0.4) is 0 Å². The Morgan fingerprint density at radius 1 is 1.00 bits per heavy atom. The van der Waals surface area contributed by atoms with Crippen molar-refractivity contribution in [2.45, 2.75) is 32.6 Å². The van der Waals surface area contributed by atoms with Crippen LogP contribution in [-0.2, 0) is 9.98 Å². The number of hydrogen-bond acceptors (Lipinski definition) is 2. The van der Waals surface area contributed by atoms with Crippen molar-refractivity contribution in [1.29, 1.82) is 0 Å². The summed E-state index contributed by atoms with van der Waals surface area (Å²) in [5.74, 6) is 0. The molecule has 2 heterocycles. The van der Waals surface area contributed by atoms with E-state index < -0.39 is 13.0 Å². The smallest absolute Gasteiger partial charge is 0.324 e. The van der Waals surface area contributed by atoms with Gasteiger partial charge in [-0.2, -0.15) is 4.57 Å². The first kappa shape index (κ1) is 22.3. The van der Waals surface area contributed by atoms with Crippen LogP contribution in [0, 0.1) is 20.8 Å². The Bertz CT molecular complexity index is 1240. The zero-order valence-corrected chi connectivity index (χ0v) is 19.5. The highest BCUT2D eigenvalue weighted by Crippen LogP contribution is 2.47. The Balaban J connectivity index is 2.02. The van der Waals surface area contributed by atoms with Gasteiger partial charge in [-0.05, 0) is 62.6 Å². The fourth-order valence-corrected chi connectivity index (χ4v) is 5.91. The van der Waals surface area contributed by atoms with Crippen LogP contribution in [-0.4, -0.2) is 20.9 Å². The molecule has 0 bridgehead atoms. The molecule has 1 aliphatic carbocycles. The van der Waals surface area contributed by atoms with Gasteiger partial charge in [0.15, 0.2) is 11.9 Å². The van der Waals surface area contributed by atoms with E-state index in [1.165, 1.54) is 5.56 Å². The highest BCUT2D eigenvalue weighted by Gasteiger charge is 2.43. The first-order valence-electron chi connectivity index (χ1n) is 10.6. The number of hydrogen-bond donors (Lipinski definition) is 2.